The Morgan fingerprint density at radius 3 is 2.46 bits per heavy atom. The van der Waals surface area contributed by atoms with Crippen LogP contribution in [0.5, 0.6) is 0 Å². The number of rotatable bonds is 3. The number of aromatic nitrogens is 2. The number of benzene rings is 1. The van der Waals surface area contributed by atoms with Gasteiger partial charge in [0, 0.05) is 43.4 Å². The first-order chi connectivity index (χ1) is 12.7. The van der Waals surface area contributed by atoms with Crippen LogP contribution in [0.25, 0.3) is 0 Å². The number of anilines is 3. The van der Waals surface area contributed by atoms with Gasteiger partial charge in [0.1, 0.15) is 5.82 Å². The van der Waals surface area contributed by atoms with Crippen LogP contribution in [-0.4, -0.2) is 42.1 Å². The molecule has 0 aliphatic carbocycles. The molecule has 0 bridgehead atoms. The average Bonchev–Trinajstić information content (AvgIpc) is 3.10. The Morgan fingerprint density at radius 2 is 1.81 bits per heavy atom. The average molecular weight is 351 g/mol. The topological polar surface area (TPSA) is 83.3 Å². The quantitative estimate of drug-likeness (QED) is 0.910. The van der Waals surface area contributed by atoms with Crippen LogP contribution in [-0.2, 0) is 9.47 Å². The fourth-order valence-corrected chi connectivity index (χ4v) is 3.39. The van der Waals surface area contributed by atoms with Crippen LogP contribution < -0.4 is 10.2 Å². The third-order valence-corrected chi connectivity index (χ3v) is 4.77. The maximum Gasteiger partial charge on any atom is 0.229 e. The zero-order valence-electron chi connectivity index (χ0n) is 14.7. The lowest BCUT2D eigenvalue weighted by Gasteiger charge is -2.38. The van der Waals surface area contributed by atoms with Crippen molar-refractivity contribution >= 4 is 17.5 Å². The smallest absolute Gasteiger partial charge is 0.229 e. The molecule has 2 fully saturated rings. The predicted octanol–water partition coefficient (Wildman–Crippen LogP) is 2.74. The summed E-state index contributed by atoms with van der Waals surface area (Å²) in [6.45, 7) is 5.01. The number of aryl methyl sites for hydroxylation is 1. The highest BCUT2D eigenvalue weighted by Gasteiger charge is 2.40. The first-order valence-electron chi connectivity index (χ1n) is 8.82. The molecule has 0 unspecified atom stereocenters. The summed E-state index contributed by atoms with van der Waals surface area (Å²) in [6.07, 6.45) is 1.68. The molecule has 1 aromatic heterocycles. The summed E-state index contributed by atoms with van der Waals surface area (Å²) in [6, 6.07) is 11.4. The lowest BCUT2D eigenvalue weighted by molar-refractivity contribution is -0.169. The van der Waals surface area contributed by atoms with E-state index in [0.29, 0.717) is 24.7 Å². The van der Waals surface area contributed by atoms with E-state index in [9.17, 15) is 0 Å². The van der Waals surface area contributed by atoms with Crippen LogP contribution in [0.4, 0.5) is 17.5 Å². The minimum atomic E-state index is -0.387. The van der Waals surface area contributed by atoms with Gasteiger partial charge in [0.15, 0.2) is 5.79 Å². The number of nitriles is 1. The Hall–Kier alpha value is -2.69. The SMILES string of the molecule is Cc1cc(N2CCC3(CC2)OCCO3)nc(Nc2ccc(C#N)cc2)n1. The molecule has 1 spiro atoms. The molecule has 3 heterocycles. The van der Waals surface area contributed by atoms with Gasteiger partial charge in [-0.25, -0.2) is 4.98 Å². The highest BCUT2D eigenvalue weighted by molar-refractivity contribution is 5.57. The Kier molecular flexibility index (Phi) is 4.45. The molecule has 7 nitrogen and oxygen atoms in total. The van der Waals surface area contributed by atoms with Crippen LogP contribution in [0, 0.1) is 18.3 Å². The molecular weight excluding hydrogens is 330 g/mol. The van der Waals surface area contributed by atoms with Crippen molar-refractivity contribution < 1.29 is 9.47 Å². The first-order valence-corrected chi connectivity index (χ1v) is 8.82. The van der Waals surface area contributed by atoms with Gasteiger partial charge >= 0.3 is 0 Å². The van der Waals surface area contributed by atoms with Crippen LogP contribution in [0.1, 0.15) is 24.1 Å². The van der Waals surface area contributed by atoms with E-state index < -0.39 is 0 Å². The fraction of sp³-hybridized carbons (Fsp3) is 0.421. The summed E-state index contributed by atoms with van der Waals surface area (Å²) in [5.74, 6) is 1.07. The number of nitrogens with one attached hydrogen (secondary N) is 1. The molecule has 26 heavy (non-hydrogen) atoms. The Bertz CT molecular complexity index is 815. The molecule has 1 aromatic carbocycles. The molecule has 2 aromatic rings. The standard InChI is InChI=1S/C19H21N5O2/c1-14-12-17(24-8-6-19(7-9-24)25-10-11-26-19)23-18(21-14)22-16-4-2-15(13-20)3-5-16/h2-5,12H,6-11H2,1H3,(H,21,22,23). The van der Waals surface area contributed by atoms with Gasteiger partial charge in [0.25, 0.3) is 0 Å². The zero-order chi connectivity index (χ0) is 18.0. The van der Waals surface area contributed by atoms with Crippen molar-refractivity contribution in [1.29, 1.82) is 5.26 Å². The normalized spacial score (nSPS) is 18.7. The zero-order valence-corrected chi connectivity index (χ0v) is 14.7. The second-order valence-electron chi connectivity index (χ2n) is 6.60. The summed E-state index contributed by atoms with van der Waals surface area (Å²) in [7, 11) is 0. The second kappa shape index (κ2) is 6.90. The summed E-state index contributed by atoms with van der Waals surface area (Å²) in [5.41, 5.74) is 2.38. The molecule has 2 aliphatic heterocycles. The highest BCUT2D eigenvalue weighted by Crippen LogP contribution is 2.33. The van der Waals surface area contributed by atoms with Crippen molar-refractivity contribution in [2.24, 2.45) is 0 Å². The molecule has 0 radical (unpaired) electrons. The second-order valence-corrected chi connectivity index (χ2v) is 6.60. The number of hydrogen-bond acceptors (Lipinski definition) is 7. The largest absolute Gasteiger partial charge is 0.356 e. The maximum atomic E-state index is 8.89. The van der Waals surface area contributed by atoms with Gasteiger partial charge < -0.3 is 19.7 Å². The van der Waals surface area contributed by atoms with E-state index in [-0.39, 0.29) is 5.79 Å². The van der Waals surface area contributed by atoms with E-state index in [1.165, 1.54) is 0 Å². The molecule has 1 N–H and O–H groups in total. The van der Waals surface area contributed by atoms with Gasteiger partial charge in [-0.15, -0.1) is 0 Å². The van der Waals surface area contributed by atoms with Gasteiger partial charge in [-0.2, -0.15) is 10.2 Å². The van der Waals surface area contributed by atoms with Crippen molar-refractivity contribution in [3.8, 4) is 6.07 Å². The van der Waals surface area contributed by atoms with Crippen molar-refractivity contribution in [1.82, 2.24) is 9.97 Å². The molecule has 0 saturated carbocycles. The third-order valence-electron chi connectivity index (χ3n) is 4.77. The minimum absolute atomic E-state index is 0.387. The van der Waals surface area contributed by atoms with E-state index in [1.807, 2.05) is 25.1 Å². The van der Waals surface area contributed by atoms with E-state index in [4.69, 9.17) is 14.7 Å². The van der Waals surface area contributed by atoms with Crippen LogP contribution >= 0.6 is 0 Å². The van der Waals surface area contributed by atoms with Crippen molar-refractivity contribution in [3.05, 3.63) is 41.6 Å². The molecule has 0 atom stereocenters. The lowest BCUT2D eigenvalue weighted by Crippen LogP contribution is -2.45. The van der Waals surface area contributed by atoms with Crippen LogP contribution in [0.15, 0.2) is 30.3 Å². The number of piperidine rings is 1. The summed E-state index contributed by atoms with van der Waals surface area (Å²) in [4.78, 5) is 11.4. The fourth-order valence-electron chi connectivity index (χ4n) is 3.39. The Morgan fingerprint density at radius 1 is 1.12 bits per heavy atom. The van der Waals surface area contributed by atoms with Crippen LogP contribution in [0.3, 0.4) is 0 Å². The monoisotopic (exact) mass is 351 g/mol. The van der Waals surface area contributed by atoms with Gasteiger partial charge in [-0.3, -0.25) is 0 Å². The number of ether oxygens (including phenoxy) is 2. The van der Waals surface area contributed by atoms with E-state index in [1.54, 1.807) is 12.1 Å². The maximum absolute atomic E-state index is 8.89. The predicted molar refractivity (Wildman–Crippen MR) is 97.3 cm³/mol. The van der Waals surface area contributed by atoms with Crippen molar-refractivity contribution in [3.63, 3.8) is 0 Å². The van der Waals surface area contributed by atoms with Gasteiger partial charge in [0.2, 0.25) is 5.95 Å². The van der Waals surface area contributed by atoms with Gasteiger partial charge in [-0.05, 0) is 31.2 Å². The molecule has 7 heteroatoms. The highest BCUT2D eigenvalue weighted by atomic mass is 16.7. The third kappa shape index (κ3) is 3.47. The van der Waals surface area contributed by atoms with Gasteiger partial charge in [-0.1, -0.05) is 0 Å². The Balaban J connectivity index is 1.48. The minimum Gasteiger partial charge on any atom is -0.356 e. The van der Waals surface area contributed by atoms with E-state index in [0.717, 1.165) is 43.1 Å². The van der Waals surface area contributed by atoms with Crippen LogP contribution in [0.2, 0.25) is 0 Å². The van der Waals surface area contributed by atoms with E-state index in [2.05, 4.69) is 26.3 Å². The molecular formula is C19H21N5O2. The summed E-state index contributed by atoms with van der Waals surface area (Å²) < 4.78 is 11.6. The molecule has 4 rings (SSSR count). The van der Waals surface area contributed by atoms with Crippen molar-refractivity contribution in [2.45, 2.75) is 25.6 Å². The van der Waals surface area contributed by atoms with Crippen molar-refractivity contribution in [2.75, 3.05) is 36.5 Å². The summed E-state index contributed by atoms with van der Waals surface area (Å²) >= 11 is 0. The summed E-state index contributed by atoms with van der Waals surface area (Å²) in [5, 5.41) is 12.1. The Labute approximate surface area is 152 Å². The van der Waals surface area contributed by atoms with Gasteiger partial charge in [0.05, 0.1) is 24.8 Å². The first kappa shape index (κ1) is 16.8. The molecule has 2 aliphatic rings. The lowest BCUT2D eigenvalue weighted by atomic mass is 10.0. The number of nitrogens with zero attached hydrogens (tertiary/aromatic N) is 4. The van der Waals surface area contributed by atoms with E-state index >= 15 is 0 Å². The molecule has 2 saturated heterocycles. The molecule has 0 amide bonds. The number of hydrogen-bond donors (Lipinski definition) is 1. The molecule has 134 valence electrons.